The molecule has 0 spiro atoms. The van der Waals surface area contributed by atoms with E-state index >= 15 is 0 Å². The summed E-state index contributed by atoms with van der Waals surface area (Å²) < 4.78 is 13.2. The fraction of sp³-hybridized carbons (Fsp3) is 0.594. The third kappa shape index (κ3) is 14.0. The van der Waals surface area contributed by atoms with Crippen molar-refractivity contribution in [1.29, 1.82) is 0 Å². The van der Waals surface area contributed by atoms with Gasteiger partial charge in [-0.1, -0.05) is 52.9 Å². The summed E-state index contributed by atoms with van der Waals surface area (Å²) in [5.74, 6) is 2.38. The van der Waals surface area contributed by atoms with Gasteiger partial charge in [0.1, 0.15) is 11.0 Å². The van der Waals surface area contributed by atoms with Gasteiger partial charge >= 0.3 is 0 Å². The quantitative estimate of drug-likeness (QED) is 0.150. The van der Waals surface area contributed by atoms with Crippen LogP contribution in [0.1, 0.15) is 82.5 Å². The summed E-state index contributed by atoms with van der Waals surface area (Å²) in [6, 6.07) is 14.4. The third-order valence-corrected chi connectivity index (χ3v) is 8.77. The van der Waals surface area contributed by atoms with Crippen molar-refractivity contribution in [2.45, 2.75) is 77.0 Å². The molecule has 0 aromatic heterocycles. The summed E-state index contributed by atoms with van der Waals surface area (Å²) in [4.78, 5) is 14.7. The van der Waals surface area contributed by atoms with Crippen molar-refractivity contribution < 1.29 is 9.00 Å². The molecule has 3 N–H and O–H groups in total. The number of aldehydes is 1. The lowest BCUT2D eigenvalue weighted by Gasteiger charge is -2.22. The van der Waals surface area contributed by atoms with Gasteiger partial charge in [0.15, 0.2) is 6.29 Å². The van der Waals surface area contributed by atoms with E-state index in [1.54, 1.807) is 23.7 Å². The third-order valence-electron chi connectivity index (χ3n) is 6.70. The molecule has 4 rings (SSSR count). The number of nitrogens with one attached hydrogen (secondary N) is 1. The van der Waals surface area contributed by atoms with Crippen LogP contribution in [0.5, 0.6) is 0 Å². The van der Waals surface area contributed by atoms with Crippen LogP contribution >= 0.6 is 11.8 Å². The number of anilines is 3. The Morgan fingerprint density at radius 1 is 1.07 bits per heavy atom. The van der Waals surface area contributed by atoms with Crippen molar-refractivity contribution in [1.82, 2.24) is 0 Å². The molecule has 2 fully saturated rings. The number of rotatable bonds is 12. The molecule has 8 heteroatoms. The Balaban J connectivity index is 0.000000345. The van der Waals surface area contributed by atoms with Gasteiger partial charge in [-0.15, -0.1) is 11.8 Å². The number of thioether (sulfide) groups is 1. The van der Waals surface area contributed by atoms with Gasteiger partial charge in [0, 0.05) is 55.3 Å². The molecule has 0 radical (unpaired) electrons. The molecule has 40 heavy (non-hydrogen) atoms. The highest BCUT2D eigenvalue weighted by Gasteiger charge is 2.20. The highest BCUT2D eigenvalue weighted by Crippen LogP contribution is 2.34. The van der Waals surface area contributed by atoms with E-state index in [4.69, 9.17) is 5.73 Å². The summed E-state index contributed by atoms with van der Waals surface area (Å²) in [6.45, 7) is 8.76. The second-order valence-corrected chi connectivity index (χ2v) is 12.4. The summed E-state index contributed by atoms with van der Waals surface area (Å²) in [5, 5.41) is 3.15. The Kier molecular flexibility index (Phi) is 19.5. The van der Waals surface area contributed by atoms with Crippen LogP contribution < -0.4 is 20.3 Å². The van der Waals surface area contributed by atoms with Crippen LogP contribution in [-0.4, -0.2) is 56.2 Å². The number of nitrogens with zero attached hydrogens (tertiary/aromatic N) is 2. The number of carbonyl (C=O) groups excluding carboxylic acids is 1. The number of hydrogen-bond donors (Lipinski definition) is 2. The second-order valence-electron chi connectivity index (χ2n) is 9.80. The van der Waals surface area contributed by atoms with Crippen molar-refractivity contribution in [3.63, 3.8) is 0 Å². The molecule has 1 heterocycles. The average Bonchev–Trinajstić information content (AvgIpc) is 3.65. The second kappa shape index (κ2) is 21.7. The van der Waals surface area contributed by atoms with E-state index in [0.717, 1.165) is 43.2 Å². The fourth-order valence-electron chi connectivity index (χ4n) is 4.24. The predicted octanol–water partition coefficient (Wildman–Crippen LogP) is 7.61. The topological polar surface area (TPSA) is 78.7 Å². The van der Waals surface area contributed by atoms with Gasteiger partial charge in [-0.3, -0.25) is 9.10 Å². The molecule has 2 aromatic rings. The van der Waals surface area contributed by atoms with Crippen molar-refractivity contribution in [3.05, 3.63) is 48.0 Å². The van der Waals surface area contributed by atoms with E-state index in [1.807, 2.05) is 51.7 Å². The van der Waals surface area contributed by atoms with E-state index in [2.05, 4.69) is 34.5 Å². The van der Waals surface area contributed by atoms with Gasteiger partial charge in [0.05, 0.1) is 5.69 Å². The fourth-order valence-corrected chi connectivity index (χ4v) is 5.59. The molecule has 6 nitrogen and oxygen atoms in total. The molecular formula is C32H54N4O2S2. The van der Waals surface area contributed by atoms with Gasteiger partial charge < -0.3 is 16.0 Å². The first-order valence-corrected chi connectivity index (χ1v) is 17.5. The van der Waals surface area contributed by atoms with Crippen molar-refractivity contribution >= 4 is 46.1 Å². The van der Waals surface area contributed by atoms with Crippen LogP contribution in [-0.2, 0) is 11.0 Å². The lowest BCUT2D eigenvalue weighted by Crippen LogP contribution is -2.22. The van der Waals surface area contributed by atoms with Crippen LogP contribution in [0.4, 0.5) is 17.1 Å². The molecule has 1 atom stereocenters. The number of nitrogens with two attached hydrogens (primary N) is 1. The van der Waals surface area contributed by atoms with Crippen molar-refractivity contribution in [2.24, 2.45) is 11.7 Å². The van der Waals surface area contributed by atoms with Crippen LogP contribution in [0.2, 0.25) is 0 Å². The van der Waals surface area contributed by atoms with E-state index in [1.165, 1.54) is 67.7 Å². The van der Waals surface area contributed by atoms with Gasteiger partial charge in [-0.2, -0.15) is 0 Å². The number of unbranched alkanes of at least 4 members (excludes halogenated alkanes) is 2. The van der Waals surface area contributed by atoms with Gasteiger partial charge in [-0.05, 0) is 79.9 Å². The zero-order chi connectivity index (χ0) is 29.8. The molecule has 1 unspecified atom stereocenters. The SMILES string of the molecule is CC.CCN.CN(c1cc(N2CCCC2)ccc1C=O)S(C)=O.CNc1ccc(SCCCCCC2CC2)cc1. The van der Waals surface area contributed by atoms with E-state index < -0.39 is 11.0 Å². The van der Waals surface area contributed by atoms with E-state index in [0.29, 0.717) is 5.56 Å². The largest absolute Gasteiger partial charge is 0.388 e. The summed E-state index contributed by atoms with van der Waals surface area (Å²) in [6.07, 6.45) is 13.6. The molecule has 1 saturated heterocycles. The number of benzene rings is 2. The van der Waals surface area contributed by atoms with Crippen molar-refractivity contribution in [2.75, 3.05) is 60.3 Å². The Hall–Kier alpha value is -2.03. The smallest absolute Gasteiger partial charge is 0.152 e. The summed E-state index contributed by atoms with van der Waals surface area (Å²) in [5.41, 5.74) is 8.45. The van der Waals surface area contributed by atoms with Crippen molar-refractivity contribution in [3.8, 4) is 0 Å². The van der Waals surface area contributed by atoms with Crippen LogP contribution in [0, 0.1) is 5.92 Å². The maximum Gasteiger partial charge on any atom is 0.152 e. The zero-order valence-corrected chi connectivity index (χ0v) is 27.4. The molecule has 1 aliphatic carbocycles. The average molecular weight is 591 g/mol. The van der Waals surface area contributed by atoms with E-state index in [-0.39, 0.29) is 0 Å². The first-order chi connectivity index (χ1) is 19.4. The molecular weight excluding hydrogens is 537 g/mol. The highest BCUT2D eigenvalue weighted by atomic mass is 32.2. The van der Waals surface area contributed by atoms with E-state index in [9.17, 15) is 9.00 Å². The summed E-state index contributed by atoms with van der Waals surface area (Å²) in [7, 11) is 2.58. The minimum Gasteiger partial charge on any atom is -0.388 e. The number of hydrogen-bond acceptors (Lipinski definition) is 6. The standard InChI is InChI=1S/C15H23NS.C13H18N2O2S.C2H7N.C2H6/c1-16-14-8-10-15(11-9-14)17-12-4-2-3-5-13-6-7-13;1-14(18(2)17)13-9-12(6-5-11(13)10-16)15-7-3-4-8-15;1-2-3;1-2/h8-11,13,16H,2-7,12H2,1H3;5-6,9-10H,3-4,7-8H2,1-2H3;2-3H2,1H3;1-2H3. The molecule has 226 valence electrons. The lowest BCUT2D eigenvalue weighted by molar-refractivity contribution is 0.112. The zero-order valence-electron chi connectivity index (χ0n) is 25.8. The van der Waals surface area contributed by atoms with Gasteiger partial charge in [0.25, 0.3) is 0 Å². The monoisotopic (exact) mass is 590 g/mol. The number of carbonyl (C=O) groups is 1. The molecule has 1 saturated carbocycles. The molecule has 2 aromatic carbocycles. The predicted molar refractivity (Wildman–Crippen MR) is 180 cm³/mol. The Morgan fingerprint density at radius 2 is 1.70 bits per heavy atom. The highest BCUT2D eigenvalue weighted by molar-refractivity contribution is 7.99. The lowest BCUT2D eigenvalue weighted by atomic mass is 10.1. The maximum atomic E-state index is 11.6. The Bertz CT molecular complexity index is 962. The molecule has 0 amide bonds. The summed E-state index contributed by atoms with van der Waals surface area (Å²) >= 11 is 1.99. The van der Waals surface area contributed by atoms with Crippen LogP contribution in [0.15, 0.2) is 47.4 Å². The normalized spacial score (nSPS) is 14.4. The molecule has 2 aliphatic rings. The van der Waals surface area contributed by atoms with Gasteiger partial charge in [0.2, 0.25) is 0 Å². The molecule has 1 aliphatic heterocycles. The maximum absolute atomic E-state index is 11.6. The Labute approximate surface area is 251 Å². The van der Waals surface area contributed by atoms with Crippen LogP contribution in [0.25, 0.3) is 0 Å². The van der Waals surface area contributed by atoms with Gasteiger partial charge in [-0.25, -0.2) is 4.21 Å². The minimum absolute atomic E-state index is 0.579. The first-order valence-electron chi connectivity index (χ1n) is 15.0. The van der Waals surface area contributed by atoms with Crippen LogP contribution in [0.3, 0.4) is 0 Å². The Morgan fingerprint density at radius 3 is 2.23 bits per heavy atom. The first kappa shape index (κ1) is 36.0. The molecule has 0 bridgehead atoms. The minimum atomic E-state index is -1.13.